The summed E-state index contributed by atoms with van der Waals surface area (Å²) in [4.78, 5) is 0. The summed E-state index contributed by atoms with van der Waals surface area (Å²) in [6, 6.07) is 9.89. The van der Waals surface area contributed by atoms with Crippen molar-refractivity contribution in [2.24, 2.45) is 0 Å². The van der Waals surface area contributed by atoms with Crippen molar-refractivity contribution in [2.75, 3.05) is 0 Å². The summed E-state index contributed by atoms with van der Waals surface area (Å²) in [6.45, 7) is 0. The molecule has 0 spiro atoms. The van der Waals surface area contributed by atoms with E-state index in [-0.39, 0.29) is 11.4 Å². The topological polar surface area (TPSA) is 20.2 Å². The number of halogens is 4. The molecule has 1 nitrogen and oxygen atoms in total. The summed E-state index contributed by atoms with van der Waals surface area (Å²) in [5.74, 6) is -0.505. The van der Waals surface area contributed by atoms with Crippen LogP contribution in [-0.4, -0.2) is 5.11 Å². The molecule has 0 amide bonds. The maximum atomic E-state index is 13.8. The van der Waals surface area contributed by atoms with Gasteiger partial charge in [0.2, 0.25) is 0 Å². The van der Waals surface area contributed by atoms with Gasteiger partial charge < -0.3 is 5.11 Å². The van der Waals surface area contributed by atoms with Gasteiger partial charge in [0.05, 0.1) is 11.1 Å². The molecule has 0 aliphatic carbocycles. The number of rotatable bonds is 3. The molecule has 19 heavy (non-hydrogen) atoms. The van der Waals surface area contributed by atoms with Crippen molar-refractivity contribution in [1.82, 2.24) is 0 Å². The van der Waals surface area contributed by atoms with Crippen LogP contribution < -0.4 is 0 Å². The van der Waals surface area contributed by atoms with Crippen LogP contribution >= 0.6 is 39.1 Å². The number of hydrogen-bond donors (Lipinski definition) is 1. The van der Waals surface area contributed by atoms with E-state index >= 15 is 0 Å². The van der Waals surface area contributed by atoms with Gasteiger partial charge in [-0.15, -0.1) is 0 Å². The number of hydrogen-bond acceptors (Lipinski definition) is 1. The van der Waals surface area contributed by atoms with Gasteiger partial charge in [0, 0.05) is 21.5 Å². The first kappa shape index (κ1) is 14.8. The molecule has 5 heteroatoms. The van der Waals surface area contributed by atoms with Crippen molar-refractivity contribution < 1.29 is 9.50 Å². The van der Waals surface area contributed by atoms with Gasteiger partial charge in [-0.2, -0.15) is 0 Å². The first-order valence-electron chi connectivity index (χ1n) is 5.55. The highest BCUT2D eigenvalue weighted by molar-refractivity contribution is 9.10. The van der Waals surface area contributed by atoms with Crippen LogP contribution in [0.25, 0.3) is 0 Å². The van der Waals surface area contributed by atoms with Crippen LogP contribution in [0.15, 0.2) is 40.9 Å². The van der Waals surface area contributed by atoms with Crippen molar-refractivity contribution in [2.45, 2.75) is 12.5 Å². The SMILES string of the molecule is OC(Cc1cccc(Cl)c1F)c1cc(Br)ccc1Cl. The molecule has 0 aliphatic rings. The molecule has 0 bridgehead atoms. The minimum atomic E-state index is -0.891. The molecule has 1 atom stereocenters. The maximum Gasteiger partial charge on any atom is 0.145 e. The van der Waals surface area contributed by atoms with E-state index in [2.05, 4.69) is 15.9 Å². The zero-order valence-electron chi connectivity index (χ0n) is 9.71. The van der Waals surface area contributed by atoms with Crippen LogP contribution in [-0.2, 0) is 6.42 Å². The van der Waals surface area contributed by atoms with Crippen LogP contribution in [0.4, 0.5) is 4.39 Å². The molecule has 2 aromatic rings. The molecule has 0 aromatic heterocycles. The third-order valence-corrected chi connectivity index (χ3v) is 3.89. The minimum absolute atomic E-state index is 0.0463. The molecule has 2 rings (SSSR count). The van der Waals surface area contributed by atoms with Crippen molar-refractivity contribution in [3.05, 3.63) is 67.9 Å². The summed E-state index contributed by atoms with van der Waals surface area (Å²) in [6.07, 6.45) is -0.777. The van der Waals surface area contributed by atoms with Gasteiger partial charge >= 0.3 is 0 Å². The molecular weight excluding hydrogens is 354 g/mol. The Morgan fingerprint density at radius 1 is 1.16 bits per heavy atom. The lowest BCUT2D eigenvalue weighted by Gasteiger charge is -2.14. The predicted molar refractivity (Wildman–Crippen MR) is 79.2 cm³/mol. The third kappa shape index (κ3) is 3.48. The molecular formula is C14H10BrCl2FO. The predicted octanol–water partition coefficient (Wildman–Crippen LogP) is 5.17. The van der Waals surface area contributed by atoms with E-state index in [4.69, 9.17) is 23.2 Å². The molecule has 0 saturated heterocycles. The summed E-state index contributed by atoms with van der Waals surface area (Å²) < 4.78 is 14.6. The second kappa shape index (κ2) is 6.23. The van der Waals surface area contributed by atoms with Crippen molar-refractivity contribution in [1.29, 1.82) is 0 Å². The average Bonchev–Trinajstić information content (AvgIpc) is 2.38. The van der Waals surface area contributed by atoms with Crippen molar-refractivity contribution >= 4 is 39.1 Å². The highest BCUT2D eigenvalue weighted by Crippen LogP contribution is 2.30. The number of aliphatic hydroxyl groups is 1. The summed E-state index contributed by atoms with van der Waals surface area (Å²) in [5.41, 5.74) is 0.909. The van der Waals surface area contributed by atoms with Gasteiger partial charge in [0.1, 0.15) is 5.82 Å². The summed E-state index contributed by atoms with van der Waals surface area (Å²) in [5, 5.41) is 10.7. The normalized spacial score (nSPS) is 12.5. The summed E-state index contributed by atoms with van der Waals surface area (Å²) in [7, 11) is 0. The van der Waals surface area contributed by atoms with Crippen LogP contribution in [0.5, 0.6) is 0 Å². The van der Waals surface area contributed by atoms with Crippen LogP contribution in [0, 0.1) is 5.82 Å². The fraction of sp³-hybridized carbons (Fsp3) is 0.143. The zero-order chi connectivity index (χ0) is 14.0. The monoisotopic (exact) mass is 362 g/mol. The van der Waals surface area contributed by atoms with Crippen LogP contribution in [0.3, 0.4) is 0 Å². The Balaban J connectivity index is 2.28. The van der Waals surface area contributed by atoms with E-state index in [1.165, 1.54) is 6.07 Å². The molecule has 100 valence electrons. The third-order valence-electron chi connectivity index (χ3n) is 2.76. The molecule has 0 radical (unpaired) electrons. The number of aliphatic hydroxyl groups excluding tert-OH is 1. The molecule has 2 aromatic carbocycles. The molecule has 1 N–H and O–H groups in total. The van der Waals surface area contributed by atoms with Gasteiger partial charge in [-0.05, 0) is 29.8 Å². The standard InChI is InChI=1S/C14H10BrCl2FO/c15-9-4-5-11(16)10(7-9)13(19)6-8-2-1-3-12(17)14(8)18/h1-5,7,13,19H,6H2. The lowest BCUT2D eigenvalue weighted by atomic mass is 10.0. The Kier molecular flexibility index (Phi) is 4.85. The zero-order valence-corrected chi connectivity index (χ0v) is 12.8. The smallest absolute Gasteiger partial charge is 0.145 e. The van der Waals surface area contributed by atoms with Gasteiger partial charge in [-0.1, -0.05) is 51.3 Å². The molecule has 0 saturated carbocycles. The highest BCUT2D eigenvalue weighted by Gasteiger charge is 2.16. The first-order chi connectivity index (χ1) is 8.99. The molecule has 0 fully saturated rings. The molecule has 1 unspecified atom stereocenters. The fourth-order valence-electron chi connectivity index (χ4n) is 1.79. The fourth-order valence-corrected chi connectivity index (χ4v) is 2.61. The highest BCUT2D eigenvalue weighted by atomic mass is 79.9. The Hall–Kier alpha value is -0.610. The van der Waals surface area contributed by atoms with Gasteiger partial charge in [-0.3, -0.25) is 0 Å². The largest absolute Gasteiger partial charge is 0.388 e. The second-order valence-corrected chi connectivity index (χ2v) is 5.83. The second-order valence-electron chi connectivity index (χ2n) is 4.10. The van der Waals surface area contributed by atoms with E-state index in [0.717, 1.165) is 4.47 Å². The van der Waals surface area contributed by atoms with Crippen LogP contribution in [0.1, 0.15) is 17.2 Å². The Labute approximate surface area is 129 Å². The van der Waals surface area contributed by atoms with Crippen LogP contribution in [0.2, 0.25) is 10.0 Å². The average molecular weight is 364 g/mol. The first-order valence-corrected chi connectivity index (χ1v) is 7.10. The van der Waals surface area contributed by atoms with E-state index in [1.807, 2.05) is 0 Å². The Morgan fingerprint density at radius 3 is 2.63 bits per heavy atom. The van der Waals surface area contributed by atoms with E-state index in [1.54, 1.807) is 30.3 Å². The summed E-state index contributed by atoms with van der Waals surface area (Å²) >= 11 is 15.0. The molecule has 0 aliphatic heterocycles. The Morgan fingerprint density at radius 2 is 1.89 bits per heavy atom. The molecule has 0 heterocycles. The van der Waals surface area contributed by atoms with E-state index < -0.39 is 11.9 Å². The lowest BCUT2D eigenvalue weighted by Crippen LogP contribution is -2.04. The Bertz CT molecular complexity index is 604. The quantitative estimate of drug-likeness (QED) is 0.797. The van der Waals surface area contributed by atoms with E-state index in [9.17, 15) is 9.50 Å². The maximum absolute atomic E-state index is 13.8. The lowest BCUT2D eigenvalue weighted by molar-refractivity contribution is 0.177. The van der Waals surface area contributed by atoms with Crippen molar-refractivity contribution in [3.63, 3.8) is 0 Å². The van der Waals surface area contributed by atoms with Gasteiger partial charge in [0.25, 0.3) is 0 Å². The van der Waals surface area contributed by atoms with E-state index in [0.29, 0.717) is 16.1 Å². The number of benzene rings is 2. The van der Waals surface area contributed by atoms with Crippen molar-refractivity contribution in [3.8, 4) is 0 Å². The van der Waals surface area contributed by atoms with Gasteiger partial charge in [-0.25, -0.2) is 4.39 Å². The minimum Gasteiger partial charge on any atom is -0.388 e. The van der Waals surface area contributed by atoms with Gasteiger partial charge in [0.15, 0.2) is 0 Å².